The predicted molar refractivity (Wildman–Crippen MR) is 163 cm³/mol. The molecule has 2 atom stereocenters. The Morgan fingerprint density at radius 1 is 1.00 bits per heavy atom. The van der Waals surface area contributed by atoms with Gasteiger partial charge in [-0.3, -0.25) is 14.0 Å². The van der Waals surface area contributed by atoms with Gasteiger partial charge in [0, 0.05) is 54.6 Å². The standard InChI is InChI=1S/C33H28F3N7O3/c34-33(35,36)21-12-13-38-26(17-21)40-32(45)19-7-10-24(25(16-19)46-23-4-2-1-3-5-23)28-29-30(37)39-14-15-42(29)31(41-28)20-6-8-22-9-11-27(44)43(22)18-20/h1-5,7,10,12-17,20,22H,6,8-9,11,18H2,(H2,37,39)(H,38,40,45)/t20-,22+/m1/s1. The fourth-order valence-corrected chi connectivity index (χ4v) is 6.26. The molecule has 5 heterocycles. The number of nitrogens with zero attached hydrogens (tertiary/aromatic N) is 5. The number of hydrogen-bond acceptors (Lipinski definition) is 7. The number of piperidine rings is 1. The number of benzene rings is 2. The first-order chi connectivity index (χ1) is 22.2. The molecule has 10 nitrogen and oxygen atoms in total. The van der Waals surface area contributed by atoms with E-state index >= 15 is 0 Å². The second-order valence-corrected chi connectivity index (χ2v) is 11.4. The third-order valence-electron chi connectivity index (χ3n) is 8.49. The quantitative estimate of drug-likeness (QED) is 0.226. The van der Waals surface area contributed by atoms with E-state index in [0.717, 1.165) is 43.4 Å². The molecule has 2 saturated heterocycles. The molecule has 234 valence electrons. The minimum Gasteiger partial charge on any atom is -0.457 e. The van der Waals surface area contributed by atoms with Crippen molar-refractivity contribution in [1.82, 2.24) is 24.3 Å². The largest absolute Gasteiger partial charge is 0.457 e. The Morgan fingerprint density at radius 3 is 2.63 bits per heavy atom. The molecule has 3 aromatic heterocycles. The maximum atomic E-state index is 13.3. The van der Waals surface area contributed by atoms with Crippen molar-refractivity contribution >= 4 is 29.0 Å². The van der Waals surface area contributed by atoms with Crippen molar-refractivity contribution in [2.45, 2.75) is 43.8 Å². The Kier molecular flexibility index (Phi) is 7.30. The Labute approximate surface area is 261 Å². The molecule has 0 aliphatic carbocycles. The number of anilines is 2. The van der Waals surface area contributed by atoms with E-state index in [1.165, 1.54) is 12.1 Å². The lowest BCUT2D eigenvalue weighted by molar-refractivity contribution is -0.137. The van der Waals surface area contributed by atoms with Crippen molar-refractivity contribution in [2.24, 2.45) is 0 Å². The maximum absolute atomic E-state index is 13.3. The zero-order chi connectivity index (χ0) is 32.0. The van der Waals surface area contributed by atoms with Gasteiger partial charge in [-0.15, -0.1) is 0 Å². The third-order valence-corrected chi connectivity index (χ3v) is 8.49. The normalized spacial score (nSPS) is 18.1. The molecular formula is C33H28F3N7O3. The van der Waals surface area contributed by atoms with E-state index in [0.29, 0.717) is 35.5 Å². The average molecular weight is 628 g/mol. The van der Waals surface area contributed by atoms with E-state index in [1.807, 2.05) is 15.4 Å². The van der Waals surface area contributed by atoms with Crippen molar-refractivity contribution in [3.05, 3.63) is 96.2 Å². The van der Waals surface area contributed by atoms with Gasteiger partial charge >= 0.3 is 6.18 Å². The summed E-state index contributed by atoms with van der Waals surface area (Å²) < 4.78 is 47.9. The molecule has 2 aromatic carbocycles. The van der Waals surface area contributed by atoms with Gasteiger partial charge in [-0.25, -0.2) is 15.0 Å². The molecule has 46 heavy (non-hydrogen) atoms. The fourth-order valence-electron chi connectivity index (χ4n) is 6.26. The van der Waals surface area contributed by atoms with Crippen LogP contribution in [0.2, 0.25) is 0 Å². The lowest BCUT2D eigenvalue weighted by Gasteiger charge is -2.34. The minimum absolute atomic E-state index is 0.0372. The Hall–Kier alpha value is -5.46. The SMILES string of the molecule is Nc1nccn2c([C@@H]3CC[C@H]4CCC(=O)N4C3)nc(-c3ccc(C(=O)Nc4cc(C(F)(F)F)ccn4)cc3Oc3ccccc3)c12. The van der Waals surface area contributed by atoms with Gasteiger partial charge in [-0.05, 0) is 61.7 Å². The van der Waals surface area contributed by atoms with Crippen LogP contribution in [0.15, 0.2) is 79.3 Å². The summed E-state index contributed by atoms with van der Waals surface area (Å²) in [5.74, 6) is 0.926. The van der Waals surface area contributed by atoms with Crippen molar-refractivity contribution < 1.29 is 27.5 Å². The second kappa shape index (κ2) is 11.5. The zero-order valence-electron chi connectivity index (χ0n) is 24.4. The van der Waals surface area contributed by atoms with E-state index in [4.69, 9.17) is 15.5 Å². The van der Waals surface area contributed by atoms with Crippen LogP contribution in [0.5, 0.6) is 11.5 Å². The Balaban J connectivity index is 1.29. The molecule has 0 spiro atoms. The first kappa shape index (κ1) is 29.3. The monoisotopic (exact) mass is 627 g/mol. The number of imidazole rings is 1. The van der Waals surface area contributed by atoms with Gasteiger partial charge in [-0.1, -0.05) is 18.2 Å². The zero-order valence-corrected chi connectivity index (χ0v) is 24.4. The molecular weight excluding hydrogens is 599 g/mol. The molecule has 0 unspecified atom stereocenters. The summed E-state index contributed by atoms with van der Waals surface area (Å²) in [6.07, 6.45) is 2.95. The Morgan fingerprint density at radius 2 is 1.83 bits per heavy atom. The molecule has 0 saturated carbocycles. The van der Waals surface area contributed by atoms with E-state index in [2.05, 4.69) is 15.3 Å². The molecule has 0 radical (unpaired) electrons. The number of carbonyl (C=O) groups is 2. The van der Waals surface area contributed by atoms with Crippen molar-refractivity contribution in [3.8, 4) is 22.8 Å². The summed E-state index contributed by atoms with van der Waals surface area (Å²) in [6.45, 7) is 0.556. The first-order valence-electron chi connectivity index (χ1n) is 14.8. The number of halogens is 3. The predicted octanol–water partition coefficient (Wildman–Crippen LogP) is 6.31. The number of hydrogen-bond donors (Lipinski definition) is 2. The highest BCUT2D eigenvalue weighted by Gasteiger charge is 2.38. The number of nitrogens with two attached hydrogens (primary N) is 1. The molecule has 7 rings (SSSR count). The topological polar surface area (TPSA) is 128 Å². The van der Waals surface area contributed by atoms with Gasteiger partial charge in [0.15, 0.2) is 0 Å². The highest BCUT2D eigenvalue weighted by Crippen LogP contribution is 2.41. The molecule has 2 aliphatic rings. The molecule has 2 amide bonds. The van der Waals surface area contributed by atoms with Crippen LogP contribution in [0, 0.1) is 0 Å². The number of fused-ring (bicyclic) bond motifs is 2. The smallest absolute Gasteiger partial charge is 0.416 e. The highest BCUT2D eigenvalue weighted by molar-refractivity contribution is 6.05. The molecule has 0 bridgehead atoms. The van der Waals surface area contributed by atoms with Crippen LogP contribution in [0.1, 0.15) is 53.3 Å². The highest BCUT2D eigenvalue weighted by atomic mass is 19.4. The van der Waals surface area contributed by atoms with E-state index in [1.54, 1.807) is 42.7 Å². The number of carbonyl (C=O) groups excluding carboxylic acids is 2. The number of rotatable bonds is 6. The lowest BCUT2D eigenvalue weighted by Crippen LogP contribution is -2.41. The molecule has 2 fully saturated rings. The van der Waals surface area contributed by atoms with Gasteiger partial charge in [0.2, 0.25) is 5.91 Å². The number of nitrogen functional groups attached to an aromatic ring is 1. The van der Waals surface area contributed by atoms with Gasteiger partial charge < -0.3 is 20.7 Å². The van der Waals surface area contributed by atoms with Gasteiger partial charge in [0.05, 0.1) is 5.56 Å². The van der Waals surface area contributed by atoms with Crippen LogP contribution in [-0.4, -0.2) is 48.7 Å². The van der Waals surface area contributed by atoms with Crippen LogP contribution < -0.4 is 15.8 Å². The number of para-hydroxylation sites is 1. The first-order valence-corrected chi connectivity index (χ1v) is 14.8. The van der Waals surface area contributed by atoms with Gasteiger partial charge in [0.1, 0.15) is 40.2 Å². The summed E-state index contributed by atoms with van der Waals surface area (Å²) in [4.78, 5) is 41.0. The molecule has 3 N–H and O–H groups in total. The summed E-state index contributed by atoms with van der Waals surface area (Å²) in [5, 5.41) is 2.44. The van der Waals surface area contributed by atoms with Crippen LogP contribution in [0.4, 0.5) is 24.8 Å². The van der Waals surface area contributed by atoms with Crippen molar-refractivity contribution in [2.75, 3.05) is 17.6 Å². The minimum atomic E-state index is -4.59. The average Bonchev–Trinajstić information content (AvgIpc) is 3.62. The van der Waals surface area contributed by atoms with Crippen LogP contribution in [-0.2, 0) is 11.0 Å². The van der Waals surface area contributed by atoms with Gasteiger partial charge in [0.25, 0.3) is 5.91 Å². The van der Waals surface area contributed by atoms with Crippen molar-refractivity contribution in [1.29, 1.82) is 0 Å². The summed E-state index contributed by atoms with van der Waals surface area (Å²) >= 11 is 0. The van der Waals surface area contributed by atoms with Crippen LogP contribution >= 0.6 is 0 Å². The van der Waals surface area contributed by atoms with E-state index in [-0.39, 0.29) is 40.8 Å². The van der Waals surface area contributed by atoms with Gasteiger partial charge in [-0.2, -0.15) is 13.2 Å². The number of alkyl halides is 3. The number of ether oxygens (including phenoxy) is 1. The number of amides is 2. The maximum Gasteiger partial charge on any atom is 0.416 e. The molecule has 2 aliphatic heterocycles. The number of nitrogens with one attached hydrogen (secondary N) is 1. The molecule has 13 heteroatoms. The second-order valence-electron chi connectivity index (χ2n) is 11.4. The third kappa shape index (κ3) is 5.48. The van der Waals surface area contributed by atoms with E-state index in [9.17, 15) is 22.8 Å². The number of aromatic nitrogens is 4. The number of pyridine rings is 1. The van der Waals surface area contributed by atoms with Crippen LogP contribution in [0.3, 0.4) is 0 Å². The van der Waals surface area contributed by atoms with Crippen molar-refractivity contribution in [3.63, 3.8) is 0 Å². The summed E-state index contributed by atoms with van der Waals surface area (Å²) in [6, 6.07) is 15.5. The van der Waals surface area contributed by atoms with E-state index < -0.39 is 17.6 Å². The molecule has 5 aromatic rings. The summed E-state index contributed by atoms with van der Waals surface area (Å²) in [7, 11) is 0. The van der Waals surface area contributed by atoms with Crippen LogP contribution in [0.25, 0.3) is 16.8 Å². The summed E-state index contributed by atoms with van der Waals surface area (Å²) in [5.41, 5.74) is 7.16. The fraction of sp³-hybridized carbons (Fsp3) is 0.242. The lowest BCUT2D eigenvalue weighted by atomic mass is 9.92. The Bertz CT molecular complexity index is 1960.